The molecule has 0 aliphatic carbocycles. The van der Waals surface area contributed by atoms with Crippen LogP contribution in [0.5, 0.6) is 0 Å². The summed E-state index contributed by atoms with van der Waals surface area (Å²) >= 11 is 0. The molecule has 2 aromatic heterocycles. The van der Waals surface area contributed by atoms with E-state index in [0.717, 1.165) is 40.9 Å². The van der Waals surface area contributed by atoms with Crippen LogP contribution < -0.4 is 5.43 Å². The molecule has 4 aromatic rings. The van der Waals surface area contributed by atoms with Crippen LogP contribution in [-0.4, -0.2) is 32.1 Å². The van der Waals surface area contributed by atoms with Crippen LogP contribution in [0.4, 0.5) is 0 Å². The van der Waals surface area contributed by atoms with Gasteiger partial charge in [-0.15, -0.1) is 0 Å². The largest absolute Gasteiger partial charge is 0.289 e. The molecule has 0 fully saturated rings. The Bertz CT molecular complexity index is 1270. The molecule has 7 nitrogen and oxygen atoms in total. The predicted octanol–water partition coefficient (Wildman–Crippen LogP) is 5.00. The van der Waals surface area contributed by atoms with Crippen LogP contribution in [-0.2, 0) is 6.54 Å². The van der Waals surface area contributed by atoms with Gasteiger partial charge in [-0.05, 0) is 43.2 Å². The number of unbranched alkanes of at least 4 members (excludes halogenated alkanes) is 2. The van der Waals surface area contributed by atoms with Crippen LogP contribution in [0.25, 0.3) is 22.0 Å². The van der Waals surface area contributed by atoms with E-state index in [1.165, 1.54) is 18.2 Å². The van der Waals surface area contributed by atoms with E-state index in [4.69, 9.17) is 0 Å². The van der Waals surface area contributed by atoms with Gasteiger partial charge >= 0.3 is 0 Å². The highest BCUT2D eigenvalue weighted by Crippen LogP contribution is 2.23. The Hall–Kier alpha value is -3.74. The molecule has 0 aliphatic rings. The third-order valence-corrected chi connectivity index (χ3v) is 5.64. The maximum atomic E-state index is 12.5. The average Bonchev–Trinajstić information content (AvgIpc) is 3.40. The van der Waals surface area contributed by atoms with Crippen molar-refractivity contribution in [1.82, 2.24) is 25.4 Å². The standard InChI is InChI=1S/C25H28N6O/c1-4-5-8-13-31-18(3)22(17(2)30-31)16-26-29-25(32)24-15-23(27-28-24)21-12-11-19-9-6-7-10-20(19)14-21/h6-7,9-12,14-16H,4-5,8,13H2,1-3H3,(H,27,28)(H,29,32). The van der Waals surface area contributed by atoms with E-state index < -0.39 is 0 Å². The lowest BCUT2D eigenvalue weighted by molar-refractivity contribution is 0.0950. The SMILES string of the molecule is CCCCCn1nc(C)c(C=NNC(=O)c2cc(-c3ccc4ccccc4c3)n[nH]2)c1C. The second-order valence-corrected chi connectivity index (χ2v) is 7.94. The lowest BCUT2D eigenvalue weighted by Crippen LogP contribution is -2.18. The van der Waals surface area contributed by atoms with E-state index in [1.807, 2.05) is 36.7 Å². The fourth-order valence-corrected chi connectivity index (χ4v) is 3.78. The van der Waals surface area contributed by atoms with Gasteiger partial charge in [0, 0.05) is 23.4 Å². The Balaban J connectivity index is 1.43. The van der Waals surface area contributed by atoms with Crippen molar-refractivity contribution in [3.8, 4) is 11.3 Å². The molecule has 0 radical (unpaired) electrons. The predicted molar refractivity (Wildman–Crippen MR) is 128 cm³/mol. The van der Waals surface area contributed by atoms with Gasteiger partial charge in [0.05, 0.1) is 17.6 Å². The van der Waals surface area contributed by atoms with E-state index in [9.17, 15) is 4.79 Å². The first-order chi connectivity index (χ1) is 15.6. The molecule has 7 heteroatoms. The number of rotatable bonds is 8. The number of carbonyl (C=O) groups excluding carboxylic acids is 1. The third-order valence-electron chi connectivity index (χ3n) is 5.64. The van der Waals surface area contributed by atoms with Crippen molar-refractivity contribution in [3.05, 3.63) is 71.2 Å². The number of benzene rings is 2. The highest BCUT2D eigenvalue weighted by atomic mass is 16.2. The smallest absolute Gasteiger partial charge is 0.272 e. The Kier molecular flexibility index (Phi) is 6.44. The number of nitrogens with one attached hydrogen (secondary N) is 2. The van der Waals surface area contributed by atoms with Crippen LogP contribution in [0.15, 0.2) is 53.6 Å². The fraction of sp³-hybridized carbons (Fsp3) is 0.280. The van der Waals surface area contributed by atoms with E-state index in [-0.39, 0.29) is 5.91 Å². The molecular weight excluding hydrogens is 400 g/mol. The fourth-order valence-electron chi connectivity index (χ4n) is 3.78. The number of hydrogen-bond donors (Lipinski definition) is 2. The van der Waals surface area contributed by atoms with Crippen molar-refractivity contribution in [2.24, 2.45) is 5.10 Å². The number of fused-ring (bicyclic) bond motifs is 1. The molecule has 0 aliphatic heterocycles. The van der Waals surface area contributed by atoms with Gasteiger partial charge in [-0.2, -0.15) is 15.3 Å². The van der Waals surface area contributed by atoms with E-state index in [1.54, 1.807) is 12.3 Å². The minimum Gasteiger partial charge on any atom is -0.272 e. The van der Waals surface area contributed by atoms with Gasteiger partial charge < -0.3 is 0 Å². The number of carbonyl (C=O) groups is 1. The van der Waals surface area contributed by atoms with Crippen LogP contribution >= 0.6 is 0 Å². The first-order valence-corrected chi connectivity index (χ1v) is 11.0. The quantitative estimate of drug-likeness (QED) is 0.235. The summed E-state index contributed by atoms with van der Waals surface area (Å²) in [6, 6.07) is 16.0. The molecule has 0 unspecified atom stereocenters. The number of aryl methyl sites for hydroxylation is 2. The molecule has 0 saturated carbocycles. The van der Waals surface area contributed by atoms with Crippen molar-refractivity contribution < 1.29 is 4.79 Å². The lowest BCUT2D eigenvalue weighted by atomic mass is 10.1. The second kappa shape index (κ2) is 9.60. The summed E-state index contributed by atoms with van der Waals surface area (Å²) in [4.78, 5) is 12.5. The van der Waals surface area contributed by atoms with E-state index in [2.05, 4.69) is 57.0 Å². The summed E-state index contributed by atoms with van der Waals surface area (Å²) in [6.45, 7) is 7.07. The minimum atomic E-state index is -0.341. The summed E-state index contributed by atoms with van der Waals surface area (Å²) in [6.07, 6.45) is 5.12. The van der Waals surface area contributed by atoms with Crippen molar-refractivity contribution in [1.29, 1.82) is 0 Å². The molecule has 2 heterocycles. The van der Waals surface area contributed by atoms with E-state index >= 15 is 0 Å². The Morgan fingerprint density at radius 1 is 1.12 bits per heavy atom. The van der Waals surface area contributed by atoms with E-state index in [0.29, 0.717) is 11.4 Å². The first-order valence-electron chi connectivity index (χ1n) is 11.0. The summed E-state index contributed by atoms with van der Waals surface area (Å²) in [5, 5.41) is 18.1. The zero-order chi connectivity index (χ0) is 22.5. The van der Waals surface area contributed by atoms with Gasteiger partial charge in [0.2, 0.25) is 0 Å². The summed E-state index contributed by atoms with van der Waals surface area (Å²) < 4.78 is 2.01. The molecule has 0 bridgehead atoms. The number of hydrazone groups is 1. The van der Waals surface area contributed by atoms with Gasteiger partial charge in [0.15, 0.2) is 0 Å². The maximum absolute atomic E-state index is 12.5. The van der Waals surface area contributed by atoms with Crippen LogP contribution in [0, 0.1) is 13.8 Å². The Labute approximate surface area is 187 Å². The number of hydrogen-bond acceptors (Lipinski definition) is 4. The zero-order valence-corrected chi connectivity index (χ0v) is 18.7. The maximum Gasteiger partial charge on any atom is 0.289 e. The molecule has 0 atom stereocenters. The molecule has 4 rings (SSSR count). The van der Waals surface area contributed by atoms with Crippen molar-refractivity contribution in [2.45, 2.75) is 46.6 Å². The molecule has 0 spiro atoms. The molecule has 164 valence electrons. The summed E-state index contributed by atoms with van der Waals surface area (Å²) in [7, 11) is 0. The second-order valence-electron chi connectivity index (χ2n) is 7.94. The van der Waals surface area contributed by atoms with Crippen LogP contribution in [0.2, 0.25) is 0 Å². The van der Waals surface area contributed by atoms with Crippen molar-refractivity contribution >= 4 is 22.9 Å². The topological polar surface area (TPSA) is 88.0 Å². The zero-order valence-electron chi connectivity index (χ0n) is 18.7. The number of H-pyrrole nitrogens is 1. The van der Waals surface area contributed by atoms with Gasteiger partial charge in [0.25, 0.3) is 5.91 Å². The van der Waals surface area contributed by atoms with Crippen molar-refractivity contribution in [3.63, 3.8) is 0 Å². The van der Waals surface area contributed by atoms with Gasteiger partial charge in [0.1, 0.15) is 5.69 Å². The minimum absolute atomic E-state index is 0.341. The normalized spacial score (nSPS) is 11.5. The van der Waals surface area contributed by atoms with Gasteiger partial charge in [-0.25, -0.2) is 5.43 Å². The number of aromatic amines is 1. The molecule has 2 N–H and O–H groups in total. The Morgan fingerprint density at radius 3 is 2.75 bits per heavy atom. The molecule has 0 saturated heterocycles. The third kappa shape index (κ3) is 4.61. The number of amides is 1. The monoisotopic (exact) mass is 428 g/mol. The van der Waals surface area contributed by atoms with Gasteiger partial charge in [-0.3, -0.25) is 14.6 Å². The summed E-state index contributed by atoms with van der Waals surface area (Å²) in [5.74, 6) is -0.341. The average molecular weight is 429 g/mol. The number of aromatic nitrogens is 4. The first kappa shape index (κ1) is 21.5. The number of nitrogens with zero attached hydrogens (tertiary/aromatic N) is 4. The molecular formula is C25H28N6O. The summed E-state index contributed by atoms with van der Waals surface area (Å²) in [5.41, 5.74) is 7.48. The highest BCUT2D eigenvalue weighted by molar-refractivity contribution is 5.95. The van der Waals surface area contributed by atoms with Crippen molar-refractivity contribution in [2.75, 3.05) is 0 Å². The lowest BCUT2D eigenvalue weighted by Gasteiger charge is -2.03. The van der Waals surface area contributed by atoms with Crippen LogP contribution in [0.3, 0.4) is 0 Å². The van der Waals surface area contributed by atoms with Crippen LogP contribution in [0.1, 0.15) is 53.6 Å². The Morgan fingerprint density at radius 2 is 1.94 bits per heavy atom. The van der Waals surface area contributed by atoms with Gasteiger partial charge in [-0.1, -0.05) is 56.2 Å². The molecule has 2 aromatic carbocycles. The highest BCUT2D eigenvalue weighted by Gasteiger charge is 2.12. The molecule has 32 heavy (non-hydrogen) atoms. The molecule has 1 amide bonds.